The third-order valence-corrected chi connectivity index (χ3v) is 13.2. The number of fused-ring (bicyclic) bond motifs is 5. The van der Waals surface area contributed by atoms with Crippen LogP contribution in [0.4, 0.5) is 0 Å². The van der Waals surface area contributed by atoms with Crippen LogP contribution in [0.5, 0.6) is 0 Å². The minimum absolute atomic E-state index is 0. The van der Waals surface area contributed by atoms with Gasteiger partial charge in [0.25, 0.3) is 0 Å². The molecule has 0 bridgehead atoms. The molecule has 0 aliphatic heterocycles. The Labute approximate surface area is 455 Å². The Morgan fingerprint density at radius 2 is 1.27 bits per heavy atom. The predicted octanol–water partition coefficient (Wildman–Crippen LogP) is 1.14. The maximum Gasteiger partial charge on any atom is 0.397 e. The van der Waals surface area contributed by atoms with Gasteiger partial charge in [-0.3, -0.25) is 18.2 Å². The summed E-state index contributed by atoms with van der Waals surface area (Å²) in [5.74, 6) is -2.07. The monoisotopic (exact) mass is 870 g/mol. The van der Waals surface area contributed by atoms with Crippen LogP contribution in [0.2, 0.25) is 0 Å². The van der Waals surface area contributed by atoms with Gasteiger partial charge in [0, 0.05) is 211 Å². The smallest absolute Gasteiger partial charge is 0.264 e. The van der Waals surface area contributed by atoms with Crippen molar-refractivity contribution in [3.05, 3.63) is 0 Å². The molecule has 0 amide bonds. The van der Waals surface area contributed by atoms with E-state index in [9.17, 15) is 47.3 Å². The molecule has 4 N–H and O–H groups in total. The third-order valence-electron chi connectivity index (χ3n) is 11.2. The minimum atomic E-state index is -4.94. The maximum absolute atomic E-state index is 12.2. The van der Waals surface area contributed by atoms with E-state index in [-0.39, 0.29) is 262 Å². The Morgan fingerprint density at radius 1 is 0.708 bits per heavy atom. The molecule has 4 aliphatic carbocycles. The van der Waals surface area contributed by atoms with Crippen LogP contribution in [0.1, 0.15) is 78.6 Å². The number of rotatable bonds is 12. The summed E-state index contributed by atoms with van der Waals surface area (Å²) in [5.41, 5.74) is -1.53. The summed E-state index contributed by atoms with van der Waals surface area (Å²) >= 11 is 0. The molecule has 24 heteroatoms. The molecule has 4 saturated carbocycles. The van der Waals surface area contributed by atoms with Crippen molar-refractivity contribution in [3.8, 4) is 0 Å². The fourth-order valence-electron chi connectivity index (χ4n) is 9.64. The molecule has 4 fully saturated rings. The van der Waals surface area contributed by atoms with Gasteiger partial charge < -0.3 is 0 Å². The van der Waals surface area contributed by atoms with E-state index in [1.54, 1.807) is 0 Å². The molecular weight excluding hydrogens is 829 g/mol. The van der Waals surface area contributed by atoms with Crippen LogP contribution in [0.15, 0.2) is 0 Å². The van der Waals surface area contributed by atoms with E-state index >= 15 is 0 Å². The van der Waals surface area contributed by atoms with Gasteiger partial charge in [-0.25, -0.2) is 16.7 Å². The van der Waals surface area contributed by atoms with Gasteiger partial charge in [-0.05, 0) is 98.7 Å². The quantitative estimate of drug-likeness (QED) is 0.122. The molecule has 16 nitrogen and oxygen atoms in total. The number of hydrogen-bond acceptors (Lipinski definition) is 12. The molecule has 0 heterocycles. The van der Waals surface area contributed by atoms with Gasteiger partial charge in [0.15, 0.2) is 0 Å². The Bertz CT molecular complexity index is 1520. The Balaban J connectivity index is 0.00000552. The zero-order valence-corrected chi connectivity index (χ0v) is 44.3. The predicted molar refractivity (Wildman–Crippen MR) is 174 cm³/mol. The fourth-order valence-corrected chi connectivity index (χ4v) is 11.6. The second-order valence-corrected chi connectivity index (χ2v) is 17.6. The van der Waals surface area contributed by atoms with Gasteiger partial charge in [-0.15, -0.1) is 0 Å². The summed E-state index contributed by atoms with van der Waals surface area (Å²) in [5, 5.41) is 0. The van der Waals surface area contributed by atoms with Crippen molar-refractivity contribution in [2.24, 2.45) is 46.3 Å². The molecule has 262 valence electrons. The van der Waals surface area contributed by atoms with Crippen molar-refractivity contribution >= 4 is 247 Å². The minimum Gasteiger partial charge on any atom is -0.264 e. The van der Waals surface area contributed by atoms with Crippen LogP contribution in [0.3, 0.4) is 0 Å². The fraction of sp³-hybridized carbons (Fsp3) is 1.00. The van der Waals surface area contributed by atoms with Crippen LogP contribution in [-0.4, -0.2) is 282 Å². The third kappa shape index (κ3) is 14.1. The molecule has 11 atom stereocenters. The van der Waals surface area contributed by atoms with Gasteiger partial charge in [-0.2, -0.15) is 33.7 Å². The first-order valence-electron chi connectivity index (χ1n) is 14.5. The molecular formula is C24H42K4O16S4. The van der Waals surface area contributed by atoms with E-state index in [0.717, 1.165) is 0 Å². The van der Waals surface area contributed by atoms with Gasteiger partial charge in [-0.1, -0.05) is 20.8 Å². The topological polar surface area (TPSA) is 254 Å². The van der Waals surface area contributed by atoms with Crippen molar-refractivity contribution < 1.29 is 68.6 Å². The Kier molecular flexibility index (Phi) is 23.4. The molecule has 4 radical (unpaired) electrons. The van der Waals surface area contributed by atoms with Crippen molar-refractivity contribution in [1.29, 1.82) is 0 Å². The summed E-state index contributed by atoms with van der Waals surface area (Å²) in [6.45, 7) is 5.43. The largest absolute Gasteiger partial charge is 0.397 e. The Hall–Kier alpha value is 6.03. The van der Waals surface area contributed by atoms with E-state index in [2.05, 4.69) is 4.18 Å². The summed E-state index contributed by atoms with van der Waals surface area (Å²) in [6, 6.07) is 0. The van der Waals surface area contributed by atoms with E-state index in [1.165, 1.54) is 0 Å². The summed E-state index contributed by atoms with van der Waals surface area (Å²) in [4.78, 5) is 0. The molecule has 0 aromatic carbocycles. The SMILES string of the molecule is C[C@H](CCCOS(=O)(=O)O)[C@H]1CC[C@H]2[C@@H]3[C@H](OS(=O)(=O)O)C[C@H]4C[C@H](OS(=O)(=O)O)CC[C@]4(C)[C@H]3C[C@H](OS(=O)(=O)O)[C@]12C.[K].[K].[K].[K]. The molecule has 48 heavy (non-hydrogen) atoms. The maximum atomic E-state index is 12.2. The van der Waals surface area contributed by atoms with Crippen LogP contribution >= 0.6 is 0 Å². The second kappa shape index (κ2) is 20.8. The van der Waals surface area contributed by atoms with Gasteiger partial charge >= 0.3 is 41.6 Å². The van der Waals surface area contributed by atoms with E-state index in [0.29, 0.717) is 25.7 Å². The zero-order chi connectivity index (χ0) is 33.1. The first-order chi connectivity index (χ1) is 19.9. The zero-order valence-electron chi connectivity index (χ0n) is 28.6. The van der Waals surface area contributed by atoms with E-state index < -0.39 is 88.5 Å². The normalized spacial score (nSPS) is 37.1. The Morgan fingerprint density at radius 3 is 1.79 bits per heavy atom. The average Bonchev–Trinajstić information content (AvgIpc) is 3.18. The molecule has 0 unspecified atom stereocenters. The summed E-state index contributed by atoms with van der Waals surface area (Å²) in [6.07, 6.45) is -0.227. The van der Waals surface area contributed by atoms with Crippen molar-refractivity contribution in [3.63, 3.8) is 0 Å². The molecule has 0 aromatic heterocycles. The van der Waals surface area contributed by atoms with Gasteiger partial charge in [0.2, 0.25) is 0 Å². The molecule has 0 spiro atoms. The average molecular weight is 871 g/mol. The van der Waals surface area contributed by atoms with Crippen LogP contribution in [0, 0.1) is 46.3 Å². The van der Waals surface area contributed by atoms with Crippen LogP contribution < -0.4 is 0 Å². The van der Waals surface area contributed by atoms with Crippen molar-refractivity contribution in [1.82, 2.24) is 0 Å². The van der Waals surface area contributed by atoms with Crippen LogP contribution in [-0.2, 0) is 58.3 Å². The van der Waals surface area contributed by atoms with Gasteiger partial charge in [0.05, 0.1) is 24.9 Å². The van der Waals surface area contributed by atoms with Crippen molar-refractivity contribution in [2.75, 3.05) is 6.61 Å². The first-order valence-corrected chi connectivity index (χ1v) is 20.0. The summed E-state index contributed by atoms with van der Waals surface area (Å²) in [7, 11) is -19.3. The van der Waals surface area contributed by atoms with Gasteiger partial charge in [0.1, 0.15) is 0 Å². The molecule has 4 rings (SSSR count). The summed E-state index contributed by atoms with van der Waals surface area (Å²) < 4.78 is 151. The van der Waals surface area contributed by atoms with E-state index in [1.807, 2.05) is 20.8 Å². The van der Waals surface area contributed by atoms with Crippen molar-refractivity contribution in [2.45, 2.75) is 96.9 Å². The standard InChI is InChI=1S/C24H42O16S4.4K/c1-14(5-4-10-37-41(25,26)27)17-6-7-18-22-19(13-21(24(17,18)3)40-44(34,35)36)23(2)9-8-16(38-42(28,29)30)11-15(23)12-20(22)39-43(31,32)33;;;;/h14-22H,4-13H2,1-3H3,(H,25,26,27)(H,28,29,30)(H,31,32,33)(H,34,35,36);;;;/t14-,15-,16-,17-,18+,19+,20-,21+,22+,23+,24-;;;;/m1..../s1. The molecule has 4 aliphatic rings. The molecule has 0 aromatic rings. The van der Waals surface area contributed by atoms with Crippen LogP contribution in [0.25, 0.3) is 0 Å². The molecule has 0 saturated heterocycles. The van der Waals surface area contributed by atoms with E-state index in [4.69, 9.17) is 17.1 Å². The second-order valence-electron chi connectivity index (χ2n) is 13.4. The first kappa shape index (κ1) is 54.0. The number of hydrogen-bond donors (Lipinski definition) is 4.